The van der Waals surface area contributed by atoms with Crippen LogP contribution in [0.4, 0.5) is 13.2 Å². The van der Waals surface area contributed by atoms with Crippen molar-refractivity contribution in [2.24, 2.45) is 0 Å². The standard InChI is InChI=1S/C22H20F3N5O2/c1-4-14-12-26-30(21(14)22(23,24)25)16-7-5-15(6-8-16)18-13-29(28-27-18)17-9-10-19(31-2)20(11-17)32-3/h5-13H,4H2,1-3H3. The molecule has 2 aromatic carbocycles. The normalized spacial score (nSPS) is 11.6. The van der Waals surface area contributed by atoms with E-state index in [2.05, 4.69) is 15.4 Å². The Morgan fingerprint density at radius 3 is 2.25 bits per heavy atom. The summed E-state index contributed by atoms with van der Waals surface area (Å²) in [6.07, 6.45) is -1.28. The van der Waals surface area contributed by atoms with Crippen molar-refractivity contribution in [2.75, 3.05) is 14.2 Å². The molecule has 0 amide bonds. The SMILES string of the molecule is CCc1cnn(-c2ccc(-c3cn(-c4ccc(OC)c(OC)c4)nn3)cc2)c1C(F)(F)F. The first-order chi connectivity index (χ1) is 15.4. The van der Waals surface area contributed by atoms with Crippen molar-refractivity contribution in [3.8, 4) is 34.1 Å². The molecule has 0 aliphatic heterocycles. The largest absolute Gasteiger partial charge is 0.493 e. The lowest BCUT2D eigenvalue weighted by atomic mass is 10.1. The van der Waals surface area contributed by atoms with Gasteiger partial charge in [0.25, 0.3) is 0 Å². The predicted octanol–water partition coefficient (Wildman–Crippen LogP) is 4.72. The zero-order valence-electron chi connectivity index (χ0n) is 17.6. The first-order valence-corrected chi connectivity index (χ1v) is 9.75. The number of hydrogen-bond donors (Lipinski definition) is 0. The van der Waals surface area contributed by atoms with Gasteiger partial charge in [-0.05, 0) is 30.7 Å². The van der Waals surface area contributed by atoms with Gasteiger partial charge in [-0.1, -0.05) is 24.3 Å². The minimum absolute atomic E-state index is 0.152. The zero-order valence-corrected chi connectivity index (χ0v) is 17.6. The van der Waals surface area contributed by atoms with Crippen LogP contribution in [0.15, 0.2) is 54.9 Å². The number of rotatable bonds is 6. The number of alkyl halides is 3. The van der Waals surface area contributed by atoms with Crippen molar-refractivity contribution < 1.29 is 22.6 Å². The molecule has 2 heterocycles. The van der Waals surface area contributed by atoms with E-state index in [1.54, 1.807) is 68.4 Å². The summed E-state index contributed by atoms with van der Waals surface area (Å²) in [4.78, 5) is 0. The van der Waals surface area contributed by atoms with E-state index >= 15 is 0 Å². The number of methoxy groups -OCH3 is 2. The predicted molar refractivity (Wildman–Crippen MR) is 111 cm³/mol. The van der Waals surface area contributed by atoms with E-state index < -0.39 is 11.9 Å². The highest BCUT2D eigenvalue weighted by Gasteiger charge is 2.38. The van der Waals surface area contributed by atoms with Crippen molar-refractivity contribution in [1.82, 2.24) is 24.8 Å². The lowest BCUT2D eigenvalue weighted by molar-refractivity contribution is -0.143. The van der Waals surface area contributed by atoms with Crippen molar-refractivity contribution >= 4 is 0 Å². The van der Waals surface area contributed by atoms with Crippen molar-refractivity contribution in [1.29, 1.82) is 0 Å². The minimum atomic E-state index is -4.50. The van der Waals surface area contributed by atoms with Crippen LogP contribution in [0.25, 0.3) is 22.6 Å². The molecule has 0 aliphatic rings. The zero-order chi connectivity index (χ0) is 22.9. The first kappa shape index (κ1) is 21.4. The van der Waals surface area contributed by atoms with Crippen molar-refractivity contribution in [3.63, 3.8) is 0 Å². The maximum absolute atomic E-state index is 13.5. The fraction of sp³-hybridized carbons (Fsp3) is 0.227. The van der Waals surface area contributed by atoms with Crippen LogP contribution < -0.4 is 9.47 Å². The Kier molecular flexibility index (Phi) is 5.60. The van der Waals surface area contributed by atoms with E-state index in [1.165, 1.54) is 6.20 Å². The molecule has 0 unspecified atom stereocenters. The Morgan fingerprint density at radius 2 is 1.62 bits per heavy atom. The Bertz CT molecular complexity index is 1230. The molecule has 4 rings (SSSR count). The molecule has 0 radical (unpaired) electrons. The lowest BCUT2D eigenvalue weighted by Crippen LogP contribution is -2.15. The Hall–Kier alpha value is -3.82. The molecule has 0 spiro atoms. The number of halogens is 3. The van der Waals surface area contributed by atoms with Crippen LogP contribution in [-0.4, -0.2) is 39.0 Å². The van der Waals surface area contributed by atoms with E-state index in [4.69, 9.17) is 9.47 Å². The third-order valence-corrected chi connectivity index (χ3v) is 5.03. The maximum Gasteiger partial charge on any atom is 0.433 e. The highest BCUT2D eigenvalue weighted by Crippen LogP contribution is 2.34. The molecule has 166 valence electrons. The smallest absolute Gasteiger partial charge is 0.433 e. The van der Waals surface area contributed by atoms with Gasteiger partial charge < -0.3 is 9.47 Å². The molecule has 0 aliphatic carbocycles. The summed E-state index contributed by atoms with van der Waals surface area (Å²) in [7, 11) is 3.10. The molecule has 0 atom stereocenters. The van der Waals surface area contributed by atoms with Gasteiger partial charge >= 0.3 is 6.18 Å². The quantitative estimate of drug-likeness (QED) is 0.432. The summed E-state index contributed by atoms with van der Waals surface area (Å²) < 4.78 is 53.6. The molecule has 0 N–H and O–H groups in total. The topological polar surface area (TPSA) is 67.0 Å². The number of aromatic nitrogens is 5. The average molecular weight is 443 g/mol. The van der Waals surface area contributed by atoms with Crippen LogP contribution in [-0.2, 0) is 12.6 Å². The number of aryl methyl sites for hydroxylation is 1. The van der Waals surface area contributed by atoms with Gasteiger partial charge in [-0.15, -0.1) is 5.10 Å². The second kappa shape index (κ2) is 8.37. The third-order valence-electron chi connectivity index (χ3n) is 5.03. The Morgan fingerprint density at radius 1 is 0.938 bits per heavy atom. The molecule has 0 fully saturated rings. The van der Waals surface area contributed by atoms with Crippen molar-refractivity contribution in [2.45, 2.75) is 19.5 Å². The van der Waals surface area contributed by atoms with Crippen molar-refractivity contribution in [3.05, 3.63) is 66.1 Å². The minimum Gasteiger partial charge on any atom is -0.493 e. The molecule has 4 aromatic rings. The van der Waals surface area contributed by atoms with Gasteiger partial charge in [0.2, 0.25) is 0 Å². The summed E-state index contributed by atoms with van der Waals surface area (Å²) in [5, 5.41) is 12.3. The van der Waals surface area contributed by atoms with Crippen LogP contribution >= 0.6 is 0 Å². The van der Waals surface area contributed by atoms with E-state index in [1.807, 2.05) is 6.07 Å². The molecule has 0 saturated heterocycles. The second-order valence-electron chi connectivity index (χ2n) is 6.92. The fourth-order valence-corrected chi connectivity index (χ4v) is 3.40. The summed E-state index contributed by atoms with van der Waals surface area (Å²) in [6, 6.07) is 11.9. The highest BCUT2D eigenvalue weighted by molar-refractivity contribution is 5.60. The second-order valence-corrected chi connectivity index (χ2v) is 6.92. The Labute approximate surface area is 182 Å². The van der Waals surface area contributed by atoms with Crippen LogP contribution in [0.2, 0.25) is 0 Å². The summed E-state index contributed by atoms with van der Waals surface area (Å²) in [5.74, 6) is 1.15. The number of ether oxygens (including phenoxy) is 2. The van der Waals surface area contributed by atoms with Gasteiger partial charge in [0.05, 0.1) is 38.0 Å². The number of benzene rings is 2. The van der Waals surface area contributed by atoms with Gasteiger partial charge in [0.15, 0.2) is 17.2 Å². The van der Waals surface area contributed by atoms with Crippen LogP contribution in [0.5, 0.6) is 11.5 Å². The van der Waals surface area contributed by atoms with Gasteiger partial charge in [0.1, 0.15) is 5.69 Å². The van der Waals surface area contributed by atoms with E-state index in [0.717, 1.165) is 10.4 Å². The molecule has 7 nitrogen and oxygen atoms in total. The van der Waals surface area contributed by atoms with Crippen LogP contribution in [0, 0.1) is 0 Å². The van der Waals surface area contributed by atoms with Gasteiger partial charge in [-0.2, -0.15) is 18.3 Å². The molecular formula is C22H20F3N5O2. The monoisotopic (exact) mass is 443 g/mol. The van der Waals surface area contributed by atoms with E-state index in [0.29, 0.717) is 28.4 Å². The van der Waals surface area contributed by atoms with Gasteiger partial charge in [-0.25, -0.2) is 9.36 Å². The van der Waals surface area contributed by atoms with Crippen LogP contribution in [0.1, 0.15) is 18.2 Å². The van der Waals surface area contributed by atoms with Gasteiger partial charge in [-0.3, -0.25) is 0 Å². The third kappa shape index (κ3) is 3.91. The summed E-state index contributed by atoms with van der Waals surface area (Å²) in [6.45, 7) is 1.67. The summed E-state index contributed by atoms with van der Waals surface area (Å²) >= 11 is 0. The molecule has 0 saturated carbocycles. The molecule has 32 heavy (non-hydrogen) atoms. The van der Waals surface area contributed by atoms with E-state index in [9.17, 15) is 13.2 Å². The maximum atomic E-state index is 13.5. The molecule has 2 aromatic heterocycles. The molecule has 0 bridgehead atoms. The fourth-order valence-electron chi connectivity index (χ4n) is 3.40. The number of nitrogens with zero attached hydrogens (tertiary/aromatic N) is 5. The van der Waals surface area contributed by atoms with E-state index in [-0.39, 0.29) is 12.0 Å². The molecule has 10 heteroatoms. The summed E-state index contributed by atoms with van der Waals surface area (Å²) in [5.41, 5.74) is 1.70. The van der Waals surface area contributed by atoms with Crippen LogP contribution in [0.3, 0.4) is 0 Å². The van der Waals surface area contributed by atoms with Gasteiger partial charge in [0, 0.05) is 17.2 Å². The number of hydrogen-bond acceptors (Lipinski definition) is 5. The lowest BCUT2D eigenvalue weighted by Gasteiger charge is -2.12. The molecular weight excluding hydrogens is 423 g/mol. The average Bonchev–Trinajstić information content (AvgIpc) is 3.46. The first-order valence-electron chi connectivity index (χ1n) is 9.75. The highest BCUT2D eigenvalue weighted by atomic mass is 19.4. The Balaban J connectivity index is 1.63.